The van der Waals surface area contributed by atoms with Gasteiger partial charge in [-0.15, -0.1) is 11.3 Å². The second-order valence-corrected chi connectivity index (χ2v) is 6.06. The largest absolute Gasteiger partial charge is 0.492 e. The van der Waals surface area contributed by atoms with Crippen molar-refractivity contribution in [1.29, 1.82) is 0 Å². The van der Waals surface area contributed by atoms with Crippen LogP contribution in [0, 0.1) is 6.92 Å². The summed E-state index contributed by atoms with van der Waals surface area (Å²) in [6, 6.07) is 10.3. The highest BCUT2D eigenvalue weighted by Gasteiger charge is 2.01. The number of likely N-dealkylation sites (N-methyl/N-ethyl adjacent to an activating group) is 1. The molecule has 1 N–H and O–H groups in total. The average Bonchev–Trinajstić information content (AvgIpc) is 2.82. The molecule has 2 aromatic rings. The van der Waals surface area contributed by atoms with Crippen LogP contribution in [0.2, 0.25) is 0 Å². The summed E-state index contributed by atoms with van der Waals surface area (Å²) in [5.41, 5.74) is 2.45. The zero-order valence-electron chi connectivity index (χ0n) is 12.3. The molecular formula is C16H22N2OS. The summed E-state index contributed by atoms with van der Waals surface area (Å²) in [4.78, 5) is 3.49. The molecule has 0 bridgehead atoms. The van der Waals surface area contributed by atoms with Gasteiger partial charge in [-0.05, 0) is 50.2 Å². The van der Waals surface area contributed by atoms with Crippen molar-refractivity contribution in [2.24, 2.45) is 0 Å². The standard InChI is InChI=1S/C16H22N2OS/c1-13-7-10-20-16(13)12-17-14-5-4-6-15(11-14)19-9-8-18(2)3/h4-7,10-11,17H,8-9,12H2,1-3H3. The first-order valence-corrected chi connectivity index (χ1v) is 7.67. The van der Waals surface area contributed by atoms with Crippen molar-refractivity contribution in [3.63, 3.8) is 0 Å². The monoisotopic (exact) mass is 290 g/mol. The summed E-state index contributed by atoms with van der Waals surface area (Å²) in [5, 5.41) is 5.58. The number of nitrogens with one attached hydrogen (secondary N) is 1. The highest BCUT2D eigenvalue weighted by atomic mass is 32.1. The maximum absolute atomic E-state index is 5.74. The molecule has 0 fully saturated rings. The van der Waals surface area contributed by atoms with Crippen molar-refractivity contribution < 1.29 is 4.74 Å². The molecule has 0 atom stereocenters. The number of benzene rings is 1. The third-order valence-corrected chi connectivity index (χ3v) is 4.09. The molecule has 0 spiro atoms. The van der Waals surface area contributed by atoms with E-state index in [1.54, 1.807) is 11.3 Å². The second kappa shape index (κ2) is 7.31. The maximum Gasteiger partial charge on any atom is 0.121 e. The molecule has 20 heavy (non-hydrogen) atoms. The molecule has 0 saturated heterocycles. The Kier molecular flexibility index (Phi) is 5.44. The van der Waals surface area contributed by atoms with Gasteiger partial charge >= 0.3 is 0 Å². The quantitative estimate of drug-likeness (QED) is 0.843. The third-order valence-electron chi connectivity index (χ3n) is 3.06. The summed E-state index contributed by atoms with van der Waals surface area (Å²) in [6.07, 6.45) is 0. The van der Waals surface area contributed by atoms with Gasteiger partial charge in [-0.1, -0.05) is 6.07 Å². The van der Waals surface area contributed by atoms with Crippen molar-refractivity contribution >= 4 is 17.0 Å². The van der Waals surface area contributed by atoms with Gasteiger partial charge in [0.1, 0.15) is 12.4 Å². The predicted molar refractivity (Wildman–Crippen MR) is 86.9 cm³/mol. The van der Waals surface area contributed by atoms with E-state index < -0.39 is 0 Å². The highest BCUT2D eigenvalue weighted by Crippen LogP contribution is 2.20. The Morgan fingerprint density at radius 3 is 2.80 bits per heavy atom. The molecule has 0 aliphatic heterocycles. The molecule has 0 aliphatic rings. The van der Waals surface area contributed by atoms with Gasteiger partial charge in [-0.2, -0.15) is 0 Å². The highest BCUT2D eigenvalue weighted by molar-refractivity contribution is 7.10. The van der Waals surface area contributed by atoms with Gasteiger partial charge in [0.05, 0.1) is 0 Å². The van der Waals surface area contributed by atoms with Crippen molar-refractivity contribution in [1.82, 2.24) is 4.90 Å². The Morgan fingerprint density at radius 1 is 1.25 bits per heavy atom. The fourth-order valence-corrected chi connectivity index (χ4v) is 2.66. The van der Waals surface area contributed by atoms with E-state index in [1.165, 1.54) is 10.4 Å². The number of aryl methyl sites for hydroxylation is 1. The first-order valence-electron chi connectivity index (χ1n) is 6.79. The Labute approximate surface area is 125 Å². The summed E-state index contributed by atoms with van der Waals surface area (Å²) in [7, 11) is 4.09. The Balaban J connectivity index is 1.87. The number of rotatable bonds is 7. The first kappa shape index (κ1) is 14.9. The van der Waals surface area contributed by atoms with Gasteiger partial charge in [0.2, 0.25) is 0 Å². The van der Waals surface area contributed by atoms with Crippen LogP contribution in [-0.4, -0.2) is 32.1 Å². The van der Waals surface area contributed by atoms with Gasteiger partial charge in [0.15, 0.2) is 0 Å². The molecule has 108 valence electrons. The summed E-state index contributed by atoms with van der Waals surface area (Å²) in [6.45, 7) is 4.64. The lowest BCUT2D eigenvalue weighted by Crippen LogP contribution is -2.19. The normalized spacial score (nSPS) is 10.8. The number of thiophene rings is 1. The Morgan fingerprint density at radius 2 is 2.10 bits per heavy atom. The molecule has 1 aromatic carbocycles. The van der Waals surface area contributed by atoms with Crippen LogP contribution in [0.1, 0.15) is 10.4 Å². The second-order valence-electron chi connectivity index (χ2n) is 5.06. The summed E-state index contributed by atoms with van der Waals surface area (Å²) in [5.74, 6) is 0.916. The maximum atomic E-state index is 5.74. The van der Waals surface area contributed by atoms with Gasteiger partial charge in [-0.3, -0.25) is 0 Å². The van der Waals surface area contributed by atoms with Crippen LogP contribution in [0.5, 0.6) is 5.75 Å². The van der Waals surface area contributed by atoms with Gasteiger partial charge in [0, 0.05) is 29.7 Å². The summed E-state index contributed by atoms with van der Waals surface area (Å²) < 4.78 is 5.74. The molecule has 0 aliphatic carbocycles. The predicted octanol–water partition coefficient (Wildman–Crippen LogP) is 3.61. The minimum Gasteiger partial charge on any atom is -0.492 e. The minimum absolute atomic E-state index is 0.709. The fraction of sp³-hybridized carbons (Fsp3) is 0.375. The lowest BCUT2D eigenvalue weighted by atomic mass is 10.2. The number of hydrogen-bond acceptors (Lipinski definition) is 4. The van der Waals surface area contributed by atoms with Crippen LogP contribution in [-0.2, 0) is 6.54 Å². The number of ether oxygens (including phenoxy) is 1. The zero-order chi connectivity index (χ0) is 14.4. The van der Waals surface area contributed by atoms with E-state index in [4.69, 9.17) is 4.74 Å². The first-order chi connectivity index (χ1) is 9.65. The van der Waals surface area contributed by atoms with Crippen LogP contribution < -0.4 is 10.1 Å². The third kappa shape index (κ3) is 4.54. The number of nitrogens with zero attached hydrogens (tertiary/aromatic N) is 1. The van der Waals surface area contributed by atoms with E-state index in [0.717, 1.165) is 24.5 Å². The molecular weight excluding hydrogens is 268 g/mol. The lowest BCUT2D eigenvalue weighted by molar-refractivity contribution is 0.261. The molecule has 4 heteroatoms. The van der Waals surface area contributed by atoms with Crippen molar-refractivity contribution in [3.8, 4) is 5.75 Å². The molecule has 2 rings (SSSR count). The van der Waals surface area contributed by atoms with E-state index >= 15 is 0 Å². The molecule has 0 radical (unpaired) electrons. The number of anilines is 1. The molecule has 1 aromatic heterocycles. The van der Waals surface area contributed by atoms with Crippen molar-refractivity contribution in [2.75, 3.05) is 32.6 Å². The van der Waals surface area contributed by atoms with Crippen LogP contribution in [0.4, 0.5) is 5.69 Å². The van der Waals surface area contributed by atoms with E-state index in [9.17, 15) is 0 Å². The molecule has 0 saturated carbocycles. The van der Waals surface area contributed by atoms with Gasteiger partial charge < -0.3 is 15.0 Å². The van der Waals surface area contributed by atoms with E-state index in [0.29, 0.717) is 6.61 Å². The van der Waals surface area contributed by atoms with E-state index in [-0.39, 0.29) is 0 Å². The molecule has 1 heterocycles. The SMILES string of the molecule is Cc1ccsc1CNc1cccc(OCCN(C)C)c1. The van der Waals surface area contributed by atoms with Crippen LogP contribution in [0.25, 0.3) is 0 Å². The number of hydrogen-bond donors (Lipinski definition) is 1. The molecule has 0 unspecified atom stereocenters. The molecule has 0 amide bonds. The van der Waals surface area contributed by atoms with Gasteiger partial charge in [0.25, 0.3) is 0 Å². The zero-order valence-corrected chi connectivity index (χ0v) is 13.2. The topological polar surface area (TPSA) is 24.5 Å². The van der Waals surface area contributed by atoms with Crippen molar-refractivity contribution in [3.05, 3.63) is 46.2 Å². The van der Waals surface area contributed by atoms with E-state index in [1.807, 2.05) is 26.2 Å². The van der Waals surface area contributed by atoms with Crippen LogP contribution in [0.15, 0.2) is 35.7 Å². The van der Waals surface area contributed by atoms with Crippen molar-refractivity contribution in [2.45, 2.75) is 13.5 Å². The van der Waals surface area contributed by atoms with E-state index in [2.05, 4.69) is 40.7 Å². The summed E-state index contributed by atoms with van der Waals surface area (Å²) >= 11 is 1.79. The smallest absolute Gasteiger partial charge is 0.121 e. The Hall–Kier alpha value is -1.52. The Bertz CT molecular complexity index is 537. The van der Waals surface area contributed by atoms with Gasteiger partial charge in [-0.25, -0.2) is 0 Å². The van der Waals surface area contributed by atoms with Crippen LogP contribution in [0.3, 0.4) is 0 Å². The van der Waals surface area contributed by atoms with Crippen LogP contribution >= 0.6 is 11.3 Å². The minimum atomic E-state index is 0.709. The lowest BCUT2D eigenvalue weighted by Gasteiger charge is -2.12. The fourth-order valence-electron chi connectivity index (χ4n) is 1.81. The molecule has 3 nitrogen and oxygen atoms in total. The average molecular weight is 290 g/mol.